The highest BCUT2D eigenvalue weighted by Gasteiger charge is 2.25. The van der Waals surface area contributed by atoms with Crippen LogP contribution in [-0.4, -0.2) is 21.8 Å². The summed E-state index contributed by atoms with van der Waals surface area (Å²) in [7, 11) is 0. The van der Waals surface area contributed by atoms with Gasteiger partial charge in [0.2, 0.25) is 5.78 Å². The van der Waals surface area contributed by atoms with E-state index < -0.39 is 5.78 Å². The van der Waals surface area contributed by atoms with Gasteiger partial charge in [-0.25, -0.2) is 4.85 Å². The van der Waals surface area contributed by atoms with E-state index in [9.17, 15) is 4.79 Å². The number of anilines is 1. The molecule has 0 atom stereocenters. The van der Waals surface area contributed by atoms with Crippen LogP contribution in [0.25, 0.3) is 9.69 Å². The largest absolute Gasteiger partial charge is 0.356 e. The summed E-state index contributed by atoms with van der Waals surface area (Å²) in [6.45, 7) is 20.3. The fourth-order valence-corrected chi connectivity index (χ4v) is 2.00. The summed E-state index contributed by atoms with van der Waals surface area (Å²) in [4.78, 5) is 18.9. The maximum absolute atomic E-state index is 12.2. The SMILES string of the molecule is [C-]#[N+]C(=NNc1n[nH]c(C(C)(C)C)c1[N+]#[C-])C(=O)c1ccccc1. The van der Waals surface area contributed by atoms with Crippen molar-refractivity contribution in [2.75, 3.05) is 5.43 Å². The number of ketones is 1. The monoisotopic (exact) mass is 320 g/mol. The molecule has 1 aromatic heterocycles. The topological polar surface area (TPSA) is 78.9 Å². The van der Waals surface area contributed by atoms with Gasteiger partial charge in [-0.3, -0.25) is 5.10 Å². The number of H-pyrrole nitrogens is 1. The van der Waals surface area contributed by atoms with Crippen LogP contribution < -0.4 is 5.43 Å². The second kappa shape index (κ2) is 6.76. The van der Waals surface area contributed by atoms with Gasteiger partial charge in [-0.15, -0.1) is 0 Å². The Morgan fingerprint density at radius 2 is 1.92 bits per heavy atom. The van der Waals surface area contributed by atoms with Crippen molar-refractivity contribution in [2.24, 2.45) is 5.10 Å². The fraction of sp³-hybridized carbons (Fsp3) is 0.235. The summed E-state index contributed by atoms with van der Waals surface area (Å²) in [5, 5.41) is 10.7. The second-order valence-electron chi connectivity index (χ2n) is 6.01. The fourth-order valence-electron chi connectivity index (χ4n) is 2.00. The first-order valence-corrected chi connectivity index (χ1v) is 7.15. The number of aromatic nitrogens is 2. The van der Waals surface area contributed by atoms with Gasteiger partial charge in [0, 0.05) is 11.3 Å². The summed E-state index contributed by atoms with van der Waals surface area (Å²) in [6.07, 6.45) is 0. The van der Waals surface area contributed by atoms with Gasteiger partial charge in [-0.2, -0.15) is 10.5 Å². The quantitative estimate of drug-likeness (QED) is 0.296. The number of carbonyl (C=O) groups is 1. The number of hydrogen-bond acceptors (Lipinski definition) is 4. The van der Waals surface area contributed by atoms with Crippen molar-refractivity contribution < 1.29 is 4.79 Å². The van der Waals surface area contributed by atoms with E-state index in [0.29, 0.717) is 16.9 Å². The third-order valence-corrected chi connectivity index (χ3v) is 3.22. The van der Waals surface area contributed by atoms with E-state index in [-0.39, 0.29) is 17.1 Å². The lowest BCUT2D eigenvalue weighted by atomic mass is 9.91. The number of nitrogens with one attached hydrogen (secondary N) is 2. The van der Waals surface area contributed by atoms with E-state index in [0.717, 1.165) is 0 Å². The molecule has 0 saturated heterocycles. The first-order valence-electron chi connectivity index (χ1n) is 7.15. The van der Waals surface area contributed by atoms with E-state index in [2.05, 4.69) is 30.4 Å². The zero-order valence-corrected chi connectivity index (χ0v) is 13.6. The molecular formula is C17H16N6O. The lowest BCUT2D eigenvalue weighted by Gasteiger charge is -2.16. The normalized spacial score (nSPS) is 11.5. The van der Waals surface area contributed by atoms with Gasteiger partial charge in [0.1, 0.15) is 0 Å². The Morgan fingerprint density at radius 3 is 2.46 bits per heavy atom. The minimum absolute atomic E-state index is 0.192. The molecule has 0 aliphatic rings. The van der Waals surface area contributed by atoms with Crippen molar-refractivity contribution in [3.63, 3.8) is 0 Å². The van der Waals surface area contributed by atoms with Gasteiger partial charge < -0.3 is 9.64 Å². The van der Waals surface area contributed by atoms with Crippen LogP contribution in [0.4, 0.5) is 11.5 Å². The number of hydrazone groups is 1. The summed E-state index contributed by atoms with van der Waals surface area (Å²) >= 11 is 0. The Morgan fingerprint density at radius 1 is 1.25 bits per heavy atom. The maximum atomic E-state index is 12.2. The lowest BCUT2D eigenvalue weighted by molar-refractivity contribution is 0.106. The molecule has 0 spiro atoms. The molecule has 2 rings (SSSR count). The van der Waals surface area contributed by atoms with Crippen molar-refractivity contribution >= 4 is 23.1 Å². The van der Waals surface area contributed by atoms with Crippen LogP contribution in [0.15, 0.2) is 35.4 Å². The Kier molecular flexibility index (Phi) is 4.76. The molecular weight excluding hydrogens is 304 g/mol. The summed E-state index contributed by atoms with van der Waals surface area (Å²) in [6, 6.07) is 8.43. The average Bonchev–Trinajstić information content (AvgIpc) is 2.99. The van der Waals surface area contributed by atoms with Gasteiger partial charge in [0.05, 0.1) is 6.57 Å². The average molecular weight is 320 g/mol. The van der Waals surface area contributed by atoms with Crippen LogP contribution in [0.1, 0.15) is 36.8 Å². The predicted octanol–water partition coefficient (Wildman–Crippen LogP) is 3.79. The minimum Gasteiger partial charge on any atom is -0.356 e. The standard InChI is InChI=1S/C17H16N6O/c1-17(2,3)14-12(18-4)15(21-20-14)22-23-16(19-5)13(24)11-9-7-6-8-10-11/h6-10H,1-3H3,(H2,20,21,22). The molecule has 2 N–H and O–H groups in total. The molecule has 0 bridgehead atoms. The number of nitrogens with zero attached hydrogens (tertiary/aromatic N) is 4. The molecule has 0 amide bonds. The lowest BCUT2D eigenvalue weighted by Crippen LogP contribution is -2.12. The van der Waals surface area contributed by atoms with Crippen LogP contribution in [0.3, 0.4) is 0 Å². The van der Waals surface area contributed by atoms with Gasteiger partial charge >= 0.3 is 5.84 Å². The number of aromatic amines is 1. The molecule has 0 aliphatic carbocycles. The molecule has 0 unspecified atom stereocenters. The van der Waals surface area contributed by atoms with E-state index in [4.69, 9.17) is 13.1 Å². The molecule has 0 saturated carbocycles. The predicted molar refractivity (Wildman–Crippen MR) is 92.0 cm³/mol. The van der Waals surface area contributed by atoms with Gasteiger partial charge in [0.25, 0.3) is 5.69 Å². The van der Waals surface area contributed by atoms with Gasteiger partial charge in [-0.05, 0) is 10.5 Å². The number of carbonyl (C=O) groups excluding carboxylic acids is 1. The zero-order chi connectivity index (χ0) is 17.7. The highest BCUT2D eigenvalue weighted by Crippen LogP contribution is 2.35. The Hall–Kier alpha value is -3.45. The second-order valence-corrected chi connectivity index (χ2v) is 6.01. The molecule has 2 aromatic rings. The van der Waals surface area contributed by atoms with Crippen molar-refractivity contribution in [1.82, 2.24) is 10.2 Å². The summed E-state index contributed by atoms with van der Waals surface area (Å²) in [5.74, 6) is -0.622. The number of amidine groups is 1. The highest BCUT2D eigenvalue weighted by molar-refractivity contribution is 6.48. The molecule has 0 aliphatic heterocycles. The van der Waals surface area contributed by atoms with E-state index in [1.165, 1.54) is 0 Å². The van der Waals surface area contributed by atoms with Gasteiger partial charge in [0.15, 0.2) is 5.82 Å². The number of rotatable bonds is 4. The van der Waals surface area contributed by atoms with Crippen molar-refractivity contribution in [3.8, 4) is 0 Å². The van der Waals surface area contributed by atoms with E-state index in [1.807, 2.05) is 20.8 Å². The Balaban J connectivity index is 2.30. The van der Waals surface area contributed by atoms with Crippen LogP contribution >= 0.6 is 0 Å². The molecule has 7 heteroatoms. The maximum Gasteiger partial charge on any atom is 0.341 e. The van der Waals surface area contributed by atoms with E-state index in [1.54, 1.807) is 30.3 Å². The summed E-state index contributed by atoms with van der Waals surface area (Å²) < 4.78 is 0. The molecule has 1 aromatic carbocycles. The smallest absolute Gasteiger partial charge is 0.341 e. The molecule has 7 nitrogen and oxygen atoms in total. The van der Waals surface area contributed by atoms with Crippen LogP contribution in [0.5, 0.6) is 0 Å². The molecule has 120 valence electrons. The van der Waals surface area contributed by atoms with Crippen LogP contribution in [0.2, 0.25) is 0 Å². The Bertz CT molecular complexity index is 859. The van der Waals surface area contributed by atoms with Crippen molar-refractivity contribution in [2.45, 2.75) is 26.2 Å². The number of benzene rings is 1. The van der Waals surface area contributed by atoms with E-state index >= 15 is 0 Å². The number of Topliss-reactive ketones (excluding diaryl/α,β-unsaturated/α-hetero) is 1. The van der Waals surface area contributed by atoms with Crippen molar-refractivity contribution in [1.29, 1.82) is 0 Å². The molecule has 0 fully saturated rings. The van der Waals surface area contributed by atoms with Crippen LogP contribution in [-0.2, 0) is 5.41 Å². The molecule has 1 heterocycles. The Labute approximate surface area is 140 Å². The zero-order valence-electron chi connectivity index (χ0n) is 13.6. The summed E-state index contributed by atoms with van der Waals surface area (Å²) in [5.41, 5.74) is 3.59. The molecule has 0 radical (unpaired) electrons. The third kappa shape index (κ3) is 3.47. The minimum atomic E-state index is -0.492. The first kappa shape index (κ1) is 16.9. The highest BCUT2D eigenvalue weighted by atomic mass is 16.1. The van der Waals surface area contributed by atoms with Gasteiger partial charge in [-0.1, -0.05) is 57.7 Å². The van der Waals surface area contributed by atoms with Crippen LogP contribution in [0, 0.1) is 13.1 Å². The molecule has 24 heavy (non-hydrogen) atoms. The number of hydrogen-bond donors (Lipinski definition) is 2. The first-order chi connectivity index (χ1) is 11.4. The van der Waals surface area contributed by atoms with Crippen molar-refractivity contribution in [3.05, 3.63) is 64.4 Å². The third-order valence-electron chi connectivity index (χ3n) is 3.22.